The quantitative estimate of drug-likeness (QED) is 0.631. The zero-order chi connectivity index (χ0) is 15.4. The molecule has 0 radical (unpaired) electrons. The van der Waals surface area contributed by atoms with Crippen molar-refractivity contribution in [3.05, 3.63) is 68.2 Å². The first-order valence-electron chi connectivity index (χ1n) is 6.08. The van der Waals surface area contributed by atoms with Crippen molar-refractivity contribution in [2.45, 2.75) is 13.5 Å². The number of hydrogen-bond donors (Lipinski definition) is 0. The van der Waals surface area contributed by atoms with Crippen LogP contribution in [0.1, 0.15) is 16.7 Å². The highest BCUT2D eigenvalue weighted by Crippen LogP contribution is 2.28. The molecule has 0 spiro atoms. The van der Waals surface area contributed by atoms with Gasteiger partial charge in [0.05, 0.1) is 22.1 Å². The Balaban J connectivity index is 2.19. The van der Waals surface area contributed by atoms with Crippen molar-refractivity contribution < 1.29 is 9.66 Å². The maximum absolute atomic E-state index is 10.9. The van der Waals surface area contributed by atoms with Gasteiger partial charge < -0.3 is 4.74 Å². The van der Waals surface area contributed by atoms with E-state index in [-0.39, 0.29) is 12.3 Å². The van der Waals surface area contributed by atoms with E-state index in [1.807, 2.05) is 6.07 Å². The lowest BCUT2D eigenvalue weighted by Gasteiger charge is -2.10. The van der Waals surface area contributed by atoms with Crippen LogP contribution in [-0.2, 0) is 6.61 Å². The summed E-state index contributed by atoms with van der Waals surface area (Å²) in [6, 6.07) is 11.6. The maximum Gasteiger partial charge on any atom is 0.276 e. The molecule has 21 heavy (non-hydrogen) atoms. The molecule has 0 atom stereocenters. The minimum atomic E-state index is -0.448. The van der Waals surface area contributed by atoms with Crippen molar-refractivity contribution in [1.82, 2.24) is 0 Å². The number of nitro benzene ring substituents is 1. The number of ether oxygens (including phenoxy) is 1. The van der Waals surface area contributed by atoms with Gasteiger partial charge in [-0.3, -0.25) is 10.1 Å². The van der Waals surface area contributed by atoms with Crippen molar-refractivity contribution in [2.75, 3.05) is 0 Å². The van der Waals surface area contributed by atoms with Gasteiger partial charge in [0.15, 0.2) is 0 Å². The van der Waals surface area contributed by atoms with Crippen LogP contribution in [0.25, 0.3) is 0 Å². The first-order valence-corrected chi connectivity index (χ1v) is 6.46. The highest BCUT2D eigenvalue weighted by Gasteiger charge is 2.14. The van der Waals surface area contributed by atoms with Gasteiger partial charge in [-0.1, -0.05) is 23.7 Å². The van der Waals surface area contributed by atoms with E-state index in [0.717, 1.165) is 0 Å². The van der Waals surface area contributed by atoms with Gasteiger partial charge in [-0.2, -0.15) is 5.26 Å². The second-order valence-electron chi connectivity index (χ2n) is 4.36. The van der Waals surface area contributed by atoms with Crippen LogP contribution in [0.5, 0.6) is 5.75 Å². The third-order valence-corrected chi connectivity index (χ3v) is 3.37. The second kappa shape index (κ2) is 6.25. The monoisotopic (exact) mass is 302 g/mol. The summed E-state index contributed by atoms with van der Waals surface area (Å²) in [5.41, 5.74) is 1.66. The summed E-state index contributed by atoms with van der Waals surface area (Å²) >= 11 is 6.06. The van der Waals surface area contributed by atoms with E-state index in [2.05, 4.69) is 0 Å². The molecule has 2 aromatic rings. The summed E-state index contributed by atoms with van der Waals surface area (Å²) in [5, 5.41) is 20.1. The van der Waals surface area contributed by atoms with Crippen molar-refractivity contribution in [2.24, 2.45) is 0 Å². The highest BCUT2D eigenvalue weighted by molar-refractivity contribution is 6.31. The van der Waals surface area contributed by atoms with Crippen LogP contribution in [0.4, 0.5) is 5.69 Å². The Morgan fingerprint density at radius 3 is 2.76 bits per heavy atom. The minimum Gasteiger partial charge on any atom is -0.488 e. The van der Waals surface area contributed by atoms with Gasteiger partial charge in [-0.15, -0.1) is 0 Å². The Morgan fingerprint density at radius 2 is 2.14 bits per heavy atom. The van der Waals surface area contributed by atoms with Gasteiger partial charge in [0.1, 0.15) is 12.4 Å². The number of benzene rings is 2. The minimum absolute atomic E-state index is 0.0124. The Morgan fingerprint density at radius 1 is 1.38 bits per heavy atom. The largest absolute Gasteiger partial charge is 0.488 e. The Kier molecular flexibility index (Phi) is 4.41. The van der Waals surface area contributed by atoms with Gasteiger partial charge >= 0.3 is 0 Å². The molecular formula is C15H11ClN2O3. The van der Waals surface area contributed by atoms with Gasteiger partial charge in [-0.25, -0.2) is 0 Å². The zero-order valence-corrected chi connectivity index (χ0v) is 11.9. The lowest BCUT2D eigenvalue weighted by Crippen LogP contribution is -2.00. The Bertz CT molecular complexity index is 738. The summed E-state index contributed by atoms with van der Waals surface area (Å²) < 4.78 is 5.60. The van der Waals surface area contributed by atoms with Crippen LogP contribution >= 0.6 is 11.6 Å². The van der Waals surface area contributed by atoms with Crippen LogP contribution in [0.2, 0.25) is 5.02 Å². The molecule has 2 aromatic carbocycles. The van der Waals surface area contributed by atoms with E-state index < -0.39 is 4.92 Å². The van der Waals surface area contributed by atoms with Gasteiger partial charge in [0.25, 0.3) is 5.69 Å². The summed E-state index contributed by atoms with van der Waals surface area (Å²) in [4.78, 5) is 10.4. The number of nitriles is 1. The van der Waals surface area contributed by atoms with Crippen molar-refractivity contribution in [3.8, 4) is 11.8 Å². The third kappa shape index (κ3) is 3.30. The van der Waals surface area contributed by atoms with E-state index in [1.165, 1.54) is 6.07 Å². The highest BCUT2D eigenvalue weighted by atomic mass is 35.5. The number of rotatable bonds is 4. The third-order valence-electron chi connectivity index (χ3n) is 3.02. The molecule has 0 N–H and O–H groups in total. The van der Waals surface area contributed by atoms with Crippen molar-refractivity contribution in [1.29, 1.82) is 5.26 Å². The molecule has 2 rings (SSSR count). The van der Waals surface area contributed by atoms with Crippen LogP contribution in [0.3, 0.4) is 0 Å². The molecule has 0 unspecified atom stereocenters. The molecule has 0 aliphatic carbocycles. The van der Waals surface area contributed by atoms with Crippen LogP contribution in [-0.4, -0.2) is 4.92 Å². The van der Waals surface area contributed by atoms with Crippen LogP contribution in [0, 0.1) is 28.4 Å². The predicted molar refractivity (Wildman–Crippen MR) is 78.3 cm³/mol. The van der Waals surface area contributed by atoms with Crippen LogP contribution in [0.15, 0.2) is 36.4 Å². The van der Waals surface area contributed by atoms with E-state index in [9.17, 15) is 10.1 Å². The normalized spacial score (nSPS) is 9.95. The number of halogens is 1. The van der Waals surface area contributed by atoms with Gasteiger partial charge in [-0.05, 0) is 25.1 Å². The molecule has 0 aliphatic heterocycles. The molecule has 0 amide bonds. The molecule has 106 valence electrons. The molecule has 0 heterocycles. The summed E-state index contributed by atoms with van der Waals surface area (Å²) in [5.74, 6) is 0.435. The SMILES string of the molecule is Cc1c(OCc2ccc(C#N)cc2Cl)cccc1[N+](=O)[O-]. The zero-order valence-electron chi connectivity index (χ0n) is 11.2. The standard InChI is InChI=1S/C15H11ClN2O3/c1-10-14(18(19)20)3-2-4-15(10)21-9-12-6-5-11(8-17)7-13(12)16/h2-7H,9H2,1H3. The van der Waals surface area contributed by atoms with Crippen molar-refractivity contribution in [3.63, 3.8) is 0 Å². The van der Waals surface area contributed by atoms with Gasteiger partial charge in [0, 0.05) is 16.7 Å². The molecule has 0 fully saturated rings. The molecule has 0 aliphatic rings. The first kappa shape index (κ1) is 14.8. The molecule has 0 saturated carbocycles. The van der Waals surface area contributed by atoms with E-state index in [4.69, 9.17) is 21.6 Å². The topological polar surface area (TPSA) is 76.2 Å². The number of hydrogen-bond acceptors (Lipinski definition) is 4. The van der Waals surface area contributed by atoms with E-state index in [1.54, 1.807) is 37.3 Å². The number of nitro groups is 1. The number of nitrogens with zero attached hydrogens (tertiary/aromatic N) is 2. The Hall–Kier alpha value is -2.58. The van der Waals surface area contributed by atoms with Gasteiger partial charge in [0.2, 0.25) is 0 Å². The molecular weight excluding hydrogens is 292 g/mol. The average Bonchev–Trinajstić information content (AvgIpc) is 2.46. The van der Waals surface area contributed by atoms with E-state index >= 15 is 0 Å². The fraction of sp³-hybridized carbons (Fsp3) is 0.133. The second-order valence-corrected chi connectivity index (χ2v) is 4.77. The summed E-state index contributed by atoms with van der Waals surface area (Å²) in [6.45, 7) is 1.81. The molecule has 5 nitrogen and oxygen atoms in total. The molecule has 0 aromatic heterocycles. The fourth-order valence-electron chi connectivity index (χ4n) is 1.85. The average molecular weight is 303 g/mol. The molecule has 6 heteroatoms. The molecule has 0 bridgehead atoms. The fourth-order valence-corrected chi connectivity index (χ4v) is 2.08. The predicted octanol–water partition coefficient (Wildman–Crippen LogP) is 4.01. The molecule has 0 saturated heterocycles. The summed E-state index contributed by atoms with van der Waals surface area (Å²) in [6.07, 6.45) is 0. The maximum atomic E-state index is 10.9. The lowest BCUT2D eigenvalue weighted by atomic mass is 10.1. The van der Waals surface area contributed by atoms with Crippen molar-refractivity contribution >= 4 is 17.3 Å². The smallest absolute Gasteiger partial charge is 0.276 e. The lowest BCUT2D eigenvalue weighted by molar-refractivity contribution is -0.385. The van der Waals surface area contributed by atoms with Crippen LogP contribution < -0.4 is 4.74 Å². The summed E-state index contributed by atoms with van der Waals surface area (Å²) in [7, 11) is 0. The first-order chi connectivity index (χ1) is 10.0. The Labute approximate surface area is 126 Å². The van der Waals surface area contributed by atoms with E-state index in [0.29, 0.717) is 27.5 Å².